The van der Waals surface area contributed by atoms with E-state index in [0.717, 1.165) is 0 Å². The van der Waals surface area contributed by atoms with Gasteiger partial charge in [-0.2, -0.15) is 0 Å². The molecule has 0 spiro atoms. The molecule has 0 atom stereocenters. The third kappa shape index (κ3) is 12.5. The van der Waals surface area contributed by atoms with E-state index < -0.39 is 21.9 Å². The van der Waals surface area contributed by atoms with Crippen molar-refractivity contribution in [3.63, 3.8) is 0 Å². The molecule has 0 aliphatic rings. The van der Waals surface area contributed by atoms with Crippen LogP contribution in [0.1, 0.15) is 0 Å². The molecule has 1 radical (unpaired) electrons. The molecule has 0 rings (SSSR count). The summed E-state index contributed by atoms with van der Waals surface area (Å²) in [4.78, 5) is 55.1. The first-order chi connectivity index (χ1) is 7.44. The van der Waals surface area contributed by atoms with E-state index in [1.54, 1.807) is 0 Å². The summed E-state index contributed by atoms with van der Waals surface area (Å²) in [7, 11) is 0. The molecule has 0 aliphatic carbocycles. The standard InChI is InChI=1S/2C3H3NO4.Na.H2O/c2*5-1-3(2-6)4(7)8;;/h2*1-3H;;1H2. The summed E-state index contributed by atoms with van der Waals surface area (Å²) in [5, 5.41) is 19.0. The molecule has 0 fully saturated rings. The van der Waals surface area contributed by atoms with Crippen LogP contribution in [0.4, 0.5) is 0 Å². The topological polar surface area (TPSA) is 186 Å². The van der Waals surface area contributed by atoms with Crippen molar-refractivity contribution in [2.24, 2.45) is 0 Å². The molecule has 0 unspecified atom stereocenters. The van der Waals surface area contributed by atoms with Gasteiger partial charge in [-0.15, -0.1) is 0 Å². The number of carbonyl (C=O) groups excluding carboxylic acids is 4. The first-order valence-electron chi connectivity index (χ1n) is 3.52. The summed E-state index contributed by atoms with van der Waals surface area (Å²) in [5.41, 5.74) is 0. The van der Waals surface area contributed by atoms with Crippen LogP contribution in [-0.4, -0.2) is 82.1 Å². The molecule has 0 saturated carbocycles. The van der Waals surface area contributed by atoms with Gasteiger partial charge < -0.3 is 5.48 Å². The molecule has 0 amide bonds. The normalized spacial score (nSPS) is 7.67. The van der Waals surface area contributed by atoms with Gasteiger partial charge in [-0.25, -0.2) is 0 Å². The van der Waals surface area contributed by atoms with Gasteiger partial charge in [0.1, 0.15) is 0 Å². The average molecular weight is 275 g/mol. The average Bonchev–Trinajstić information content (AvgIpc) is 2.21. The molecular formula is C6H8N2NaO9. The van der Waals surface area contributed by atoms with Crippen molar-refractivity contribution in [3.8, 4) is 0 Å². The predicted molar refractivity (Wildman–Crippen MR) is 55.2 cm³/mol. The molecule has 0 aliphatic heterocycles. The third-order valence-corrected chi connectivity index (χ3v) is 1.04. The van der Waals surface area contributed by atoms with Gasteiger partial charge in [0.05, 0.1) is 0 Å². The van der Waals surface area contributed by atoms with Crippen molar-refractivity contribution in [2.75, 3.05) is 0 Å². The second kappa shape index (κ2) is 15.4. The van der Waals surface area contributed by atoms with Crippen LogP contribution in [0.3, 0.4) is 0 Å². The number of hydrogen-bond donors (Lipinski definition) is 0. The maximum absolute atomic E-state index is 9.50. The SMILES string of the molecule is O.O=CC(C=O)[N+](=O)[O-].O=CC(C=O)[N+](=O)[O-].[Na]. The molecular weight excluding hydrogens is 267 g/mol. The van der Waals surface area contributed by atoms with E-state index in [2.05, 4.69) is 0 Å². The number of carbonyl (C=O) groups is 4. The molecule has 12 heteroatoms. The summed E-state index contributed by atoms with van der Waals surface area (Å²) < 4.78 is 0. The van der Waals surface area contributed by atoms with E-state index in [1.165, 1.54) is 0 Å². The van der Waals surface area contributed by atoms with Crippen LogP contribution in [0.15, 0.2) is 0 Å². The van der Waals surface area contributed by atoms with Gasteiger partial charge in [0, 0.05) is 39.4 Å². The molecule has 0 heterocycles. The number of rotatable bonds is 6. The maximum Gasteiger partial charge on any atom is 0.321 e. The van der Waals surface area contributed by atoms with Gasteiger partial charge in [0.25, 0.3) is 0 Å². The fourth-order valence-electron chi connectivity index (χ4n) is 0.263. The Labute approximate surface area is 121 Å². The Kier molecular flexibility index (Phi) is 21.7. The number of aldehydes is 4. The zero-order valence-corrected chi connectivity index (χ0v) is 11.1. The molecule has 97 valence electrons. The van der Waals surface area contributed by atoms with Crippen molar-refractivity contribution >= 4 is 54.7 Å². The van der Waals surface area contributed by atoms with Crippen LogP contribution in [0.2, 0.25) is 0 Å². The van der Waals surface area contributed by atoms with E-state index in [0.29, 0.717) is 0 Å². The Morgan fingerprint density at radius 3 is 0.889 bits per heavy atom. The minimum Gasteiger partial charge on any atom is -0.412 e. The van der Waals surface area contributed by atoms with Gasteiger partial charge in [-0.1, -0.05) is 0 Å². The van der Waals surface area contributed by atoms with Crippen LogP contribution in [0.25, 0.3) is 0 Å². The monoisotopic (exact) mass is 275 g/mol. The Morgan fingerprint density at radius 1 is 0.722 bits per heavy atom. The second-order valence-corrected chi connectivity index (χ2v) is 2.10. The van der Waals surface area contributed by atoms with Gasteiger partial charge in [-0.3, -0.25) is 39.4 Å². The molecule has 18 heavy (non-hydrogen) atoms. The van der Waals surface area contributed by atoms with Crippen LogP contribution >= 0.6 is 0 Å². The molecule has 2 N–H and O–H groups in total. The summed E-state index contributed by atoms with van der Waals surface area (Å²) in [6.45, 7) is 0. The van der Waals surface area contributed by atoms with Crippen LogP contribution in [0, 0.1) is 20.2 Å². The molecule has 0 bridgehead atoms. The van der Waals surface area contributed by atoms with Crippen LogP contribution < -0.4 is 0 Å². The molecule has 11 nitrogen and oxygen atoms in total. The molecule has 0 saturated heterocycles. The minimum absolute atomic E-state index is 0. The van der Waals surface area contributed by atoms with Crippen molar-refractivity contribution in [2.45, 2.75) is 12.1 Å². The quantitative estimate of drug-likeness (QED) is 0.160. The van der Waals surface area contributed by atoms with Gasteiger partial charge in [0.15, 0.2) is 0 Å². The molecule has 0 aromatic carbocycles. The van der Waals surface area contributed by atoms with Crippen LogP contribution in [0.5, 0.6) is 0 Å². The number of nitrogens with zero attached hydrogens (tertiary/aromatic N) is 2. The first kappa shape index (κ1) is 25.3. The van der Waals surface area contributed by atoms with E-state index in [-0.39, 0.29) is 60.2 Å². The fourth-order valence-corrected chi connectivity index (χ4v) is 0.263. The molecule has 0 aromatic rings. The van der Waals surface area contributed by atoms with E-state index in [9.17, 15) is 39.4 Å². The summed E-state index contributed by atoms with van der Waals surface area (Å²) in [6.07, 6.45) is -0.0833. The van der Waals surface area contributed by atoms with Crippen molar-refractivity contribution in [3.05, 3.63) is 20.2 Å². The van der Waals surface area contributed by atoms with Gasteiger partial charge in [-0.05, 0) is 0 Å². The maximum atomic E-state index is 9.50. The zero-order valence-electron chi connectivity index (χ0n) is 9.12. The van der Waals surface area contributed by atoms with Crippen LogP contribution in [-0.2, 0) is 19.2 Å². The Hall–Kier alpha value is -1.56. The van der Waals surface area contributed by atoms with Gasteiger partial charge in [0.2, 0.25) is 25.1 Å². The summed E-state index contributed by atoms with van der Waals surface area (Å²) in [5.74, 6) is 0. The van der Waals surface area contributed by atoms with Gasteiger partial charge >= 0.3 is 12.1 Å². The van der Waals surface area contributed by atoms with Crippen molar-refractivity contribution < 1.29 is 34.5 Å². The third-order valence-electron chi connectivity index (χ3n) is 1.04. The number of nitro groups is 2. The van der Waals surface area contributed by atoms with E-state index in [4.69, 9.17) is 0 Å². The second-order valence-electron chi connectivity index (χ2n) is 2.10. The first-order valence-corrected chi connectivity index (χ1v) is 3.52. The van der Waals surface area contributed by atoms with Crippen molar-refractivity contribution in [1.82, 2.24) is 0 Å². The smallest absolute Gasteiger partial charge is 0.321 e. The number of hydrogen-bond acceptors (Lipinski definition) is 8. The molecule has 0 aromatic heterocycles. The summed E-state index contributed by atoms with van der Waals surface area (Å²) >= 11 is 0. The van der Waals surface area contributed by atoms with Crippen molar-refractivity contribution in [1.29, 1.82) is 0 Å². The fraction of sp³-hybridized carbons (Fsp3) is 0.333. The largest absolute Gasteiger partial charge is 0.412 e. The zero-order chi connectivity index (χ0) is 13.1. The predicted octanol–water partition coefficient (Wildman–Crippen LogP) is -3.15. The Morgan fingerprint density at radius 2 is 0.889 bits per heavy atom. The summed E-state index contributed by atoms with van der Waals surface area (Å²) in [6, 6.07) is -3.37. The minimum atomic E-state index is -1.69. The van der Waals surface area contributed by atoms with E-state index in [1.807, 2.05) is 0 Å². The Balaban J connectivity index is -0.0000000980. The Bertz CT molecular complexity index is 261. The van der Waals surface area contributed by atoms with E-state index >= 15 is 0 Å².